The Labute approximate surface area is 133 Å². The second-order valence-electron chi connectivity index (χ2n) is 5.62. The monoisotopic (exact) mass is 342 g/mol. The summed E-state index contributed by atoms with van der Waals surface area (Å²) in [6, 6.07) is 4.71. The third kappa shape index (κ3) is 3.85. The van der Waals surface area contributed by atoms with Gasteiger partial charge in [0.05, 0.1) is 16.6 Å². The maximum Gasteiger partial charge on any atom is 0.308 e. The average molecular weight is 342 g/mol. The first-order valence-electron chi connectivity index (χ1n) is 7.18. The quantitative estimate of drug-likeness (QED) is 0.641. The molecular formula is C14H18N2O6S. The molecule has 0 aromatic heterocycles. The third-order valence-corrected chi connectivity index (χ3v) is 6.03. The molecule has 0 aliphatic carbocycles. The van der Waals surface area contributed by atoms with E-state index in [-0.39, 0.29) is 11.4 Å². The molecule has 1 aromatic carbocycles. The van der Waals surface area contributed by atoms with Crippen LogP contribution in [0.1, 0.15) is 25.3 Å². The highest BCUT2D eigenvalue weighted by atomic mass is 32.2. The van der Waals surface area contributed by atoms with Crippen LogP contribution in [0.15, 0.2) is 24.3 Å². The van der Waals surface area contributed by atoms with Gasteiger partial charge >= 0.3 is 5.97 Å². The number of carbonyl (C=O) groups is 1. The number of nitrogens with zero attached hydrogens (tertiary/aromatic N) is 2. The van der Waals surface area contributed by atoms with Gasteiger partial charge in [0.25, 0.3) is 5.69 Å². The van der Waals surface area contributed by atoms with Crippen LogP contribution in [0.25, 0.3) is 0 Å². The molecule has 2 rings (SSSR count). The highest BCUT2D eigenvalue weighted by Crippen LogP contribution is 2.28. The number of hydrogen-bond donors (Lipinski definition) is 1. The van der Waals surface area contributed by atoms with Crippen LogP contribution in [0.3, 0.4) is 0 Å². The number of non-ortho nitro benzene ring substituents is 1. The van der Waals surface area contributed by atoms with Crippen molar-refractivity contribution in [3.05, 3.63) is 39.9 Å². The van der Waals surface area contributed by atoms with Crippen molar-refractivity contribution in [2.45, 2.75) is 31.6 Å². The molecule has 1 aliphatic rings. The molecule has 0 amide bonds. The van der Waals surface area contributed by atoms with E-state index in [1.54, 1.807) is 6.92 Å². The fourth-order valence-corrected chi connectivity index (χ4v) is 4.68. The lowest BCUT2D eigenvalue weighted by atomic mass is 9.92. The van der Waals surface area contributed by atoms with Crippen LogP contribution in [0.2, 0.25) is 0 Å². The number of benzene rings is 1. The Morgan fingerprint density at radius 1 is 1.39 bits per heavy atom. The normalized spacial score (nSPS) is 22.7. The Bertz CT molecular complexity index is 700. The van der Waals surface area contributed by atoms with E-state index in [1.165, 1.54) is 28.6 Å². The lowest BCUT2D eigenvalue weighted by Gasteiger charge is -2.36. The topological polar surface area (TPSA) is 118 Å². The Morgan fingerprint density at radius 2 is 2.00 bits per heavy atom. The fourth-order valence-electron chi connectivity index (χ4n) is 2.84. The molecule has 8 nitrogen and oxygen atoms in total. The minimum atomic E-state index is -3.68. The molecule has 0 bridgehead atoms. The van der Waals surface area contributed by atoms with E-state index in [2.05, 4.69) is 0 Å². The third-order valence-electron chi connectivity index (χ3n) is 4.10. The van der Waals surface area contributed by atoms with Gasteiger partial charge in [-0.15, -0.1) is 0 Å². The summed E-state index contributed by atoms with van der Waals surface area (Å²) in [6.07, 6.45) is 0.959. The van der Waals surface area contributed by atoms with E-state index >= 15 is 0 Å². The van der Waals surface area contributed by atoms with Crippen molar-refractivity contribution >= 4 is 21.7 Å². The smallest absolute Gasteiger partial charge is 0.308 e. The summed E-state index contributed by atoms with van der Waals surface area (Å²) >= 11 is 0. The molecule has 0 radical (unpaired) electrons. The summed E-state index contributed by atoms with van der Waals surface area (Å²) in [7, 11) is -3.68. The minimum absolute atomic E-state index is 0.108. The average Bonchev–Trinajstić information content (AvgIpc) is 2.47. The fraction of sp³-hybridized carbons (Fsp3) is 0.500. The molecule has 1 heterocycles. The number of hydrogen-bond acceptors (Lipinski definition) is 5. The largest absolute Gasteiger partial charge is 0.481 e. The Morgan fingerprint density at radius 3 is 2.52 bits per heavy atom. The Hall–Kier alpha value is -2.00. The zero-order chi connectivity index (χ0) is 17.2. The predicted octanol–water partition coefficient (Wildman–Crippen LogP) is 1.61. The molecule has 1 saturated heterocycles. The minimum Gasteiger partial charge on any atom is -0.481 e. The summed E-state index contributed by atoms with van der Waals surface area (Å²) in [4.78, 5) is 21.3. The van der Waals surface area contributed by atoms with Crippen LogP contribution in [0.5, 0.6) is 0 Å². The number of aliphatic carboxylic acids is 1. The molecule has 0 saturated carbocycles. The number of rotatable bonds is 5. The summed E-state index contributed by atoms with van der Waals surface area (Å²) in [6.45, 7) is 1.89. The number of nitro groups is 1. The van der Waals surface area contributed by atoms with Gasteiger partial charge in [0, 0.05) is 24.7 Å². The van der Waals surface area contributed by atoms with E-state index in [0.29, 0.717) is 24.9 Å². The van der Waals surface area contributed by atoms with Crippen LogP contribution in [0, 0.1) is 16.0 Å². The van der Waals surface area contributed by atoms with Gasteiger partial charge < -0.3 is 5.11 Å². The zero-order valence-electron chi connectivity index (χ0n) is 12.6. The van der Waals surface area contributed by atoms with Crippen LogP contribution < -0.4 is 0 Å². The highest BCUT2D eigenvalue weighted by molar-refractivity contribution is 7.88. The molecule has 1 N–H and O–H groups in total. The molecule has 2 atom stereocenters. The Kier molecular flexibility index (Phi) is 5.00. The summed E-state index contributed by atoms with van der Waals surface area (Å²) in [5.41, 5.74) is 0.323. The molecule has 1 fully saturated rings. The van der Waals surface area contributed by atoms with Crippen LogP contribution in [-0.2, 0) is 20.6 Å². The maximum absolute atomic E-state index is 12.6. The summed E-state index contributed by atoms with van der Waals surface area (Å²) in [5, 5.41) is 19.8. The standard InChI is InChI=1S/C14H18N2O6S/c1-10-13(14(17)18)3-2-8-15(10)23(21,22)9-11-4-6-12(7-5-11)16(19)20/h4-7,10,13H,2-3,8-9H2,1H3,(H,17,18)/t10-,13-/m1/s1. The second kappa shape index (κ2) is 6.63. The highest BCUT2D eigenvalue weighted by Gasteiger charge is 2.38. The van der Waals surface area contributed by atoms with Gasteiger partial charge in [0.1, 0.15) is 0 Å². The molecule has 0 unspecified atom stereocenters. The zero-order valence-corrected chi connectivity index (χ0v) is 13.4. The van der Waals surface area contributed by atoms with Gasteiger partial charge in [0.2, 0.25) is 10.0 Å². The molecule has 0 spiro atoms. The SMILES string of the molecule is C[C@@H]1[C@H](C(=O)O)CCCN1S(=O)(=O)Cc1ccc([N+](=O)[O-])cc1. The molecule has 126 valence electrons. The van der Waals surface area contributed by atoms with Crippen molar-refractivity contribution in [3.63, 3.8) is 0 Å². The lowest BCUT2D eigenvalue weighted by Crippen LogP contribution is -2.49. The summed E-state index contributed by atoms with van der Waals surface area (Å²) < 4.78 is 26.3. The van der Waals surface area contributed by atoms with Crippen molar-refractivity contribution < 1.29 is 23.2 Å². The molecule has 1 aromatic rings. The predicted molar refractivity (Wildman–Crippen MR) is 82.2 cm³/mol. The summed E-state index contributed by atoms with van der Waals surface area (Å²) in [5.74, 6) is -2.01. The number of nitro benzene ring substituents is 1. The first-order valence-corrected chi connectivity index (χ1v) is 8.79. The van der Waals surface area contributed by atoms with Gasteiger partial charge in [-0.3, -0.25) is 14.9 Å². The molecule has 9 heteroatoms. The van der Waals surface area contributed by atoms with E-state index < -0.39 is 32.9 Å². The number of piperidine rings is 1. The lowest BCUT2D eigenvalue weighted by molar-refractivity contribution is -0.384. The van der Waals surface area contributed by atoms with E-state index in [0.717, 1.165) is 0 Å². The van der Waals surface area contributed by atoms with Gasteiger partial charge in [-0.05, 0) is 25.3 Å². The maximum atomic E-state index is 12.6. The van der Waals surface area contributed by atoms with Crippen molar-refractivity contribution in [1.29, 1.82) is 0 Å². The van der Waals surface area contributed by atoms with Gasteiger partial charge in [-0.1, -0.05) is 12.1 Å². The number of carboxylic acid groups (broad SMARTS) is 1. The van der Waals surface area contributed by atoms with Crippen LogP contribution in [0.4, 0.5) is 5.69 Å². The Balaban J connectivity index is 2.17. The van der Waals surface area contributed by atoms with Crippen molar-refractivity contribution in [2.75, 3.05) is 6.54 Å². The van der Waals surface area contributed by atoms with Gasteiger partial charge in [0.15, 0.2) is 0 Å². The van der Waals surface area contributed by atoms with Crippen LogP contribution in [-0.4, -0.2) is 41.3 Å². The first kappa shape index (κ1) is 17.4. The molecular weight excluding hydrogens is 324 g/mol. The van der Waals surface area contributed by atoms with E-state index in [4.69, 9.17) is 0 Å². The second-order valence-corrected chi connectivity index (χ2v) is 7.54. The van der Waals surface area contributed by atoms with E-state index in [1.807, 2.05) is 0 Å². The first-order chi connectivity index (χ1) is 10.7. The number of carboxylic acids is 1. The van der Waals surface area contributed by atoms with Crippen molar-refractivity contribution in [3.8, 4) is 0 Å². The number of sulfonamides is 1. The van der Waals surface area contributed by atoms with Crippen molar-refractivity contribution in [2.24, 2.45) is 5.92 Å². The molecule has 23 heavy (non-hydrogen) atoms. The van der Waals surface area contributed by atoms with Gasteiger partial charge in [-0.25, -0.2) is 8.42 Å². The van der Waals surface area contributed by atoms with Crippen molar-refractivity contribution in [1.82, 2.24) is 4.31 Å². The van der Waals surface area contributed by atoms with Crippen LogP contribution >= 0.6 is 0 Å². The van der Waals surface area contributed by atoms with Gasteiger partial charge in [-0.2, -0.15) is 4.31 Å². The van der Waals surface area contributed by atoms with E-state index in [9.17, 15) is 28.4 Å². The molecule has 1 aliphatic heterocycles.